The van der Waals surface area contributed by atoms with Gasteiger partial charge in [0.25, 0.3) is 0 Å². The SMILES string of the molecule is CC(C)(C)OC(=O)N1CC(CCOC(F)F)C1. The van der Waals surface area contributed by atoms with Crippen LogP contribution in [0.3, 0.4) is 0 Å². The van der Waals surface area contributed by atoms with E-state index in [9.17, 15) is 13.6 Å². The van der Waals surface area contributed by atoms with Crippen molar-refractivity contribution < 1.29 is 23.0 Å². The lowest BCUT2D eigenvalue weighted by atomic mass is 9.97. The molecule has 0 aliphatic carbocycles. The highest BCUT2D eigenvalue weighted by Gasteiger charge is 2.33. The van der Waals surface area contributed by atoms with Crippen LogP contribution in [0.4, 0.5) is 13.6 Å². The van der Waals surface area contributed by atoms with Gasteiger partial charge in [0.15, 0.2) is 0 Å². The predicted molar refractivity (Wildman–Crippen MR) is 57.9 cm³/mol. The Morgan fingerprint density at radius 1 is 1.41 bits per heavy atom. The van der Waals surface area contributed by atoms with Crippen LogP contribution in [-0.4, -0.2) is 42.9 Å². The quantitative estimate of drug-likeness (QED) is 0.770. The van der Waals surface area contributed by atoms with E-state index in [1.54, 1.807) is 25.7 Å². The first-order valence-corrected chi connectivity index (χ1v) is 5.65. The number of hydrogen-bond donors (Lipinski definition) is 0. The number of amides is 1. The zero-order valence-electron chi connectivity index (χ0n) is 10.4. The first-order valence-electron chi connectivity index (χ1n) is 5.65. The van der Waals surface area contributed by atoms with Crippen molar-refractivity contribution in [2.45, 2.75) is 39.4 Å². The summed E-state index contributed by atoms with van der Waals surface area (Å²) in [6, 6.07) is 0. The number of alkyl halides is 2. The van der Waals surface area contributed by atoms with Crippen LogP contribution < -0.4 is 0 Å². The molecule has 0 aromatic rings. The lowest BCUT2D eigenvalue weighted by molar-refractivity contribution is -0.134. The molecule has 0 spiro atoms. The summed E-state index contributed by atoms with van der Waals surface area (Å²) >= 11 is 0. The highest BCUT2D eigenvalue weighted by atomic mass is 19.3. The molecule has 1 fully saturated rings. The number of carbonyl (C=O) groups is 1. The van der Waals surface area contributed by atoms with Crippen LogP contribution in [0.25, 0.3) is 0 Å². The molecule has 0 aromatic heterocycles. The van der Waals surface area contributed by atoms with Gasteiger partial charge in [0.1, 0.15) is 5.60 Å². The van der Waals surface area contributed by atoms with Crippen LogP contribution in [0.15, 0.2) is 0 Å². The standard InChI is InChI=1S/C11H19F2NO3/c1-11(2,3)17-10(15)14-6-8(7-14)4-5-16-9(12)13/h8-9H,4-7H2,1-3H3. The van der Waals surface area contributed by atoms with Crippen LogP contribution in [0, 0.1) is 5.92 Å². The molecule has 1 heterocycles. The van der Waals surface area contributed by atoms with Gasteiger partial charge in [0, 0.05) is 13.1 Å². The van der Waals surface area contributed by atoms with Gasteiger partial charge >= 0.3 is 12.7 Å². The maximum absolute atomic E-state index is 11.7. The molecule has 0 saturated carbocycles. The second kappa shape index (κ2) is 5.62. The highest BCUT2D eigenvalue weighted by molar-refractivity contribution is 5.69. The van der Waals surface area contributed by atoms with E-state index < -0.39 is 12.2 Å². The molecule has 0 aromatic carbocycles. The van der Waals surface area contributed by atoms with Gasteiger partial charge < -0.3 is 14.4 Å². The first-order chi connectivity index (χ1) is 7.78. The molecule has 0 unspecified atom stereocenters. The van der Waals surface area contributed by atoms with Crippen molar-refractivity contribution in [3.63, 3.8) is 0 Å². The molecule has 6 heteroatoms. The van der Waals surface area contributed by atoms with Crippen molar-refractivity contribution in [2.24, 2.45) is 5.92 Å². The first kappa shape index (κ1) is 14.2. The molecule has 1 amide bonds. The molecular formula is C11H19F2NO3. The van der Waals surface area contributed by atoms with Crippen LogP contribution >= 0.6 is 0 Å². The molecule has 0 radical (unpaired) electrons. The summed E-state index contributed by atoms with van der Waals surface area (Å²) in [5.41, 5.74) is -0.499. The average Bonchev–Trinajstić information content (AvgIpc) is 2.04. The number of carbonyl (C=O) groups excluding carboxylic acids is 1. The van der Waals surface area contributed by atoms with Crippen LogP contribution in [0.2, 0.25) is 0 Å². The Morgan fingerprint density at radius 3 is 2.47 bits per heavy atom. The van der Waals surface area contributed by atoms with Crippen molar-refractivity contribution in [2.75, 3.05) is 19.7 Å². The van der Waals surface area contributed by atoms with Crippen molar-refractivity contribution >= 4 is 6.09 Å². The van der Waals surface area contributed by atoms with Crippen LogP contribution in [0.5, 0.6) is 0 Å². The summed E-state index contributed by atoms with van der Waals surface area (Å²) in [5.74, 6) is 0.237. The summed E-state index contributed by atoms with van der Waals surface area (Å²) in [4.78, 5) is 13.1. The van der Waals surface area contributed by atoms with Crippen LogP contribution in [-0.2, 0) is 9.47 Å². The Bertz CT molecular complexity index is 260. The number of likely N-dealkylation sites (tertiary alicyclic amines) is 1. The molecule has 1 aliphatic heterocycles. The molecule has 1 rings (SSSR count). The van der Waals surface area contributed by atoms with Crippen molar-refractivity contribution in [3.05, 3.63) is 0 Å². The monoisotopic (exact) mass is 251 g/mol. The van der Waals surface area contributed by atoms with E-state index in [0.29, 0.717) is 19.5 Å². The van der Waals surface area contributed by atoms with Gasteiger partial charge in [-0.05, 0) is 33.1 Å². The molecule has 1 saturated heterocycles. The lowest BCUT2D eigenvalue weighted by Gasteiger charge is -2.39. The smallest absolute Gasteiger partial charge is 0.410 e. The molecular weight excluding hydrogens is 232 g/mol. The maximum atomic E-state index is 11.7. The number of hydrogen-bond acceptors (Lipinski definition) is 3. The van der Waals surface area contributed by atoms with Gasteiger partial charge in [-0.25, -0.2) is 4.79 Å². The minimum Gasteiger partial charge on any atom is -0.444 e. The molecule has 100 valence electrons. The van der Waals surface area contributed by atoms with Crippen LogP contribution in [0.1, 0.15) is 27.2 Å². The highest BCUT2D eigenvalue weighted by Crippen LogP contribution is 2.22. The summed E-state index contributed by atoms with van der Waals surface area (Å²) in [5, 5.41) is 0. The zero-order valence-corrected chi connectivity index (χ0v) is 10.4. The fraction of sp³-hybridized carbons (Fsp3) is 0.909. The van der Waals surface area contributed by atoms with Gasteiger partial charge in [0.2, 0.25) is 0 Å². The van der Waals surface area contributed by atoms with E-state index in [2.05, 4.69) is 4.74 Å². The predicted octanol–water partition coefficient (Wildman–Crippen LogP) is 2.48. The molecule has 0 bridgehead atoms. The zero-order chi connectivity index (χ0) is 13.1. The van der Waals surface area contributed by atoms with Crippen molar-refractivity contribution in [3.8, 4) is 0 Å². The maximum Gasteiger partial charge on any atom is 0.410 e. The average molecular weight is 251 g/mol. The van der Waals surface area contributed by atoms with E-state index in [1.807, 2.05) is 0 Å². The van der Waals surface area contributed by atoms with E-state index in [4.69, 9.17) is 4.74 Å². The fourth-order valence-corrected chi connectivity index (χ4v) is 1.55. The Kier molecular flexibility index (Phi) is 4.68. The van der Waals surface area contributed by atoms with E-state index in [-0.39, 0.29) is 18.6 Å². The molecule has 1 aliphatic rings. The second-order valence-electron chi connectivity index (χ2n) is 5.17. The van der Waals surface area contributed by atoms with Gasteiger partial charge in [0.05, 0.1) is 6.61 Å². The Morgan fingerprint density at radius 2 is 2.00 bits per heavy atom. The Balaban J connectivity index is 2.12. The number of halogens is 2. The van der Waals surface area contributed by atoms with Gasteiger partial charge in [-0.2, -0.15) is 8.78 Å². The third-order valence-corrected chi connectivity index (χ3v) is 2.38. The van der Waals surface area contributed by atoms with E-state index in [1.165, 1.54) is 0 Å². The second-order valence-corrected chi connectivity index (χ2v) is 5.17. The Labute approximate surface area is 99.9 Å². The molecule has 4 nitrogen and oxygen atoms in total. The molecule has 17 heavy (non-hydrogen) atoms. The Hall–Kier alpha value is -0.910. The number of rotatable bonds is 4. The summed E-state index contributed by atoms with van der Waals surface area (Å²) in [7, 11) is 0. The molecule has 0 atom stereocenters. The van der Waals surface area contributed by atoms with Crippen molar-refractivity contribution in [1.82, 2.24) is 4.90 Å². The molecule has 0 N–H and O–H groups in total. The number of ether oxygens (including phenoxy) is 2. The minimum atomic E-state index is -2.71. The summed E-state index contributed by atoms with van der Waals surface area (Å²) in [6.45, 7) is 3.85. The van der Waals surface area contributed by atoms with Gasteiger partial charge in [-0.1, -0.05) is 0 Å². The topological polar surface area (TPSA) is 38.8 Å². The lowest BCUT2D eigenvalue weighted by Crippen LogP contribution is -2.51. The van der Waals surface area contributed by atoms with Gasteiger partial charge in [-0.15, -0.1) is 0 Å². The minimum absolute atomic E-state index is 0.0322. The third kappa shape index (κ3) is 5.30. The summed E-state index contributed by atoms with van der Waals surface area (Å²) < 4.78 is 32.7. The van der Waals surface area contributed by atoms with Crippen molar-refractivity contribution in [1.29, 1.82) is 0 Å². The largest absolute Gasteiger partial charge is 0.444 e. The summed E-state index contributed by atoms with van der Waals surface area (Å²) in [6.07, 6.45) is 0.201. The normalized spacial score (nSPS) is 17.2. The van der Waals surface area contributed by atoms with E-state index in [0.717, 1.165) is 0 Å². The van der Waals surface area contributed by atoms with E-state index >= 15 is 0 Å². The fourth-order valence-electron chi connectivity index (χ4n) is 1.55. The third-order valence-electron chi connectivity index (χ3n) is 2.38. The number of nitrogens with zero attached hydrogens (tertiary/aromatic N) is 1. The van der Waals surface area contributed by atoms with Gasteiger partial charge in [-0.3, -0.25) is 0 Å².